The average Bonchev–Trinajstić information content (AvgIpc) is 2.32. The Kier molecular flexibility index (Phi) is 3.63. The maximum absolute atomic E-state index is 12.0. The summed E-state index contributed by atoms with van der Waals surface area (Å²) in [5.41, 5.74) is 2.10. The van der Waals surface area contributed by atoms with E-state index in [1.807, 2.05) is 45.0 Å². The Bertz CT molecular complexity index is 651. The van der Waals surface area contributed by atoms with Crippen LogP contribution in [0, 0.1) is 6.92 Å². The lowest BCUT2D eigenvalue weighted by molar-refractivity contribution is 0.542. The van der Waals surface area contributed by atoms with Crippen LogP contribution in [0.15, 0.2) is 33.5 Å². The highest BCUT2D eigenvalue weighted by Crippen LogP contribution is 2.24. The van der Waals surface area contributed by atoms with Crippen LogP contribution >= 0.6 is 15.9 Å². The summed E-state index contributed by atoms with van der Waals surface area (Å²) in [6.45, 7) is 7.90. The van der Waals surface area contributed by atoms with Crippen LogP contribution in [0.2, 0.25) is 0 Å². The fourth-order valence-electron chi connectivity index (χ4n) is 1.78. The number of hydrogen-bond acceptors (Lipinski definition) is 2. The van der Waals surface area contributed by atoms with Crippen LogP contribution in [0.1, 0.15) is 32.2 Å². The third-order valence-corrected chi connectivity index (χ3v) is 3.51. The zero-order valence-corrected chi connectivity index (χ0v) is 13.1. The van der Waals surface area contributed by atoms with E-state index in [1.54, 1.807) is 6.92 Å². The summed E-state index contributed by atoms with van der Waals surface area (Å²) in [6, 6.07) is 7.83. The summed E-state index contributed by atoms with van der Waals surface area (Å²) in [5.74, 6) is 0.709. The molecule has 2 rings (SSSR count). The number of nitrogens with zero attached hydrogens (tertiary/aromatic N) is 1. The van der Waals surface area contributed by atoms with Gasteiger partial charge in [-0.2, -0.15) is 0 Å². The Balaban J connectivity index is 2.66. The molecular formula is C15H17BrN2O. The molecule has 0 saturated carbocycles. The smallest absolute Gasteiger partial charge is 0.254 e. The fourth-order valence-corrected chi connectivity index (χ4v) is 2.04. The first-order valence-electron chi connectivity index (χ1n) is 6.16. The van der Waals surface area contributed by atoms with E-state index in [0.717, 1.165) is 15.7 Å². The van der Waals surface area contributed by atoms with Crippen molar-refractivity contribution in [3.8, 4) is 11.3 Å². The second-order valence-electron chi connectivity index (χ2n) is 5.65. The molecule has 1 aromatic carbocycles. The molecule has 0 aliphatic rings. The first kappa shape index (κ1) is 14.0. The molecule has 0 bridgehead atoms. The Hall–Kier alpha value is -1.42. The SMILES string of the molecule is Cc1c(-c2ccc(Br)cc2)nc(C(C)(C)C)[nH]c1=O. The van der Waals surface area contributed by atoms with Gasteiger partial charge in [0, 0.05) is 21.0 Å². The van der Waals surface area contributed by atoms with Crippen molar-refractivity contribution < 1.29 is 0 Å². The number of aromatic nitrogens is 2. The summed E-state index contributed by atoms with van der Waals surface area (Å²) in [5, 5.41) is 0. The minimum atomic E-state index is -0.184. The number of H-pyrrole nitrogens is 1. The molecule has 19 heavy (non-hydrogen) atoms. The Morgan fingerprint density at radius 1 is 1.16 bits per heavy atom. The first-order chi connectivity index (χ1) is 8.79. The number of halogens is 1. The maximum Gasteiger partial charge on any atom is 0.254 e. The van der Waals surface area contributed by atoms with Crippen LogP contribution < -0.4 is 5.56 Å². The average molecular weight is 321 g/mol. The molecule has 0 aliphatic carbocycles. The van der Waals surface area contributed by atoms with Crippen LogP contribution in [0.4, 0.5) is 0 Å². The summed E-state index contributed by atoms with van der Waals surface area (Å²) < 4.78 is 1.01. The molecule has 100 valence electrons. The lowest BCUT2D eigenvalue weighted by atomic mass is 9.95. The fraction of sp³-hybridized carbons (Fsp3) is 0.333. The van der Waals surface area contributed by atoms with E-state index in [-0.39, 0.29) is 11.0 Å². The second-order valence-corrected chi connectivity index (χ2v) is 6.56. The molecular weight excluding hydrogens is 304 g/mol. The highest BCUT2D eigenvalue weighted by Gasteiger charge is 2.19. The van der Waals surface area contributed by atoms with E-state index >= 15 is 0 Å². The van der Waals surface area contributed by atoms with E-state index in [4.69, 9.17) is 0 Å². The topological polar surface area (TPSA) is 45.8 Å². The number of hydrogen-bond donors (Lipinski definition) is 1. The first-order valence-corrected chi connectivity index (χ1v) is 6.95. The predicted octanol–water partition coefficient (Wildman–Crippen LogP) is 3.81. The summed E-state index contributed by atoms with van der Waals surface area (Å²) in [6.07, 6.45) is 0. The maximum atomic E-state index is 12.0. The highest BCUT2D eigenvalue weighted by molar-refractivity contribution is 9.10. The lowest BCUT2D eigenvalue weighted by Gasteiger charge is -2.18. The highest BCUT2D eigenvalue weighted by atomic mass is 79.9. The quantitative estimate of drug-likeness (QED) is 0.868. The van der Waals surface area contributed by atoms with Gasteiger partial charge in [0.15, 0.2) is 0 Å². The van der Waals surface area contributed by atoms with Crippen molar-refractivity contribution in [3.05, 3.63) is 50.5 Å². The standard InChI is InChI=1S/C15H17BrN2O/c1-9-12(10-5-7-11(16)8-6-10)17-14(15(2,3)4)18-13(9)19/h5-8H,1-4H3,(H,17,18,19). The molecule has 0 fully saturated rings. The van der Waals surface area contributed by atoms with E-state index < -0.39 is 0 Å². The van der Waals surface area contributed by atoms with Gasteiger partial charge in [0.2, 0.25) is 0 Å². The molecule has 4 heteroatoms. The van der Waals surface area contributed by atoms with Crippen molar-refractivity contribution in [1.29, 1.82) is 0 Å². The number of rotatable bonds is 1. The van der Waals surface area contributed by atoms with Gasteiger partial charge in [-0.25, -0.2) is 4.98 Å². The normalized spacial score (nSPS) is 11.6. The third kappa shape index (κ3) is 2.95. The van der Waals surface area contributed by atoms with E-state index in [2.05, 4.69) is 25.9 Å². The van der Waals surface area contributed by atoms with E-state index in [0.29, 0.717) is 11.4 Å². The van der Waals surface area contributed by atoms with Crippen molar-refractivity contribution in [2.24, 2.45) is 0 Å². The minimum absolute atomic E-state index is 0.0714. The predicted molar refractivity (Wildman–Crippen MR) is 81.4 cm³/mol. The molecule has 0 amide bonds. The van der Waals surface area contributed by atoms with Crippen LogP contribution in [0.25, 0.3) is 11.3 Å². The summed E-state index contributed by atoms with van der Waals surface area (Å²) >= 11 is 3.41. The molecule has 0 radical (unpaired) electrons. The monoisotopic (exact) mass is 320 g/mol. The zero-order chi connectivity index (χ0) is 14.2. The third-order valence-electron chi connectivity index (χ3n) is 2.98. The summed E-state index contributed by atoms with van der Waals surface area (Å²) in [4.78, 5) is 19.5. The van der Waals surface area contributed by atoms with Gasteiger partial charge in [-0.1, -0.05) is 48.8 Å². The van der Waals surface area contributed by atoms with Gasteiger partial charge < -0.3 is 4.98 Å². The van der Waals surface area contributed by atoms with Gasteiger partial charge in [0.1, 0.15) is 5.82 Å². The Morgan fingerprint density at radius 2 is 1.74 bits per heavy atom. The zero-order valence-electron chi connectivity index (χ0n) is 11.5. The van der Waals surface area contributed by atoms with Gasteiger partial charge in [-0.05, 0) is 19.1 Å². The van der Waals surface area contributed by atoms with Crippen LogP contribution in [0.3, 0.4) is 0 Å². The van der Waals surface area contributed by atoms with Gasteiger partial charge >= 0.3 is 0 Å². The number of nitrogens with one attached hydrogen (secondary N) is 1. The molecule has 1 aromatic heterocycles. The molecule has 3 nitrogen and oxygen atoms in total. The van der Waals surface area contributed by atoms with Gasteiger partial charge in [-0.15, -0.1) is 0 Å². The summed E-state index contributed by atoms with van der Waals surface area (Å²) in [7, 11) is 0. The van der Waals surface area contributed by atoms with Crippen LogP contribution in [-0.2, 0) is 5.41 Å². The van der Waals surface area contributed by atoms with Crippen molar-refractivity contribution in [3.63, 3.8) is 0 Å². The molecule has 1 N–H and O–H groups in total. The van der Waals surface area contributed by atoms with Crippen molar-refractivity contribution in [1.82, 2.24) is 9.97 Å². The van der Waals surface area contributed by atoms with Crippen molar-refractivity contribution in [2.75, 3.05) is 0 Å². The van der Waals surface area contributed by atoms with Gasteiger partial charge in [-0.3, -0.25) is 4.79 Å². The lowest BCUT2D eigenvalue weighted by Crippen LogP contribution is -2.24. The molecule has 0 unspecified atom stereocenters. The Labute approximate surface area is 121 Å². The molecule has 0 aliphatic heterocycles. The second kappa shape index (κ2) is 4.93. The Morgan fingerprint density at radius 3 is 2.26 bits per heavy atom. The largest absolute Gasteiger partial charge is 0.310 e. The van der Waals surface area contributed by atoms with E-state index in [1.165, 1.54) is 0 Å². The molecule has 0 saturated heterocycles. The van der Waals surface area contributed by atoms with Gasteiger partial charge in [0.05, 0.1) is 5.69 Å². The minimum Gasteiger partial charge on any atom is -0.310 e. The van der Waals surface area contributed by atoms with Crippen molar-refractivity contribution in [2.45, 2.75) is 33.1 Å². The van der Waals surface area contributed by atoms with E-state index in [9.17, 15) is 4.79 Å². The molecule has 0 atom stereocenters. The number of benzene rings is 1. The van der Waals surface area contributed by atoms with Gasteiger partial charge in [0.25, 0.3) is 5.56 Å². The van der Waals surface area contributed by atoms with Crippen LogP contribution in [-0.4, -0.2) is 9.97 Å². The molecule has 1 heterocycles. The van der Waals surface area contributed by atoms with Crippen LogP contribution in [0.5, 0.6) is 0 Å². The molecule has 0 spiro atoms. The number of aromatic amines is 1. The van der Waals surface area contributed by atoms with Crippen molar-refractivity contribution >= 4 is 15.9 Å². The molecule has 2 aromatic rings.